The van der Waals surface area contributed by atoms with E-state index in [1.807, 2.05) is 0 Å². The Morgan fingerprint density at radius 3 is 2.71 bits per heavy atom. The molecule has 0 bridgehead atoms. The number of hydrogen-bond acceptors (Lipinski definition) is 6. The highest BCUT2D eigenvalue weighted by Crippen LogP contribution is 2.37. The average Bonchev–Trinajstić information content (AvgIpc) is 3.17. The highest BCUT2D eigenvalue weighted by molar-refractivity contribution is 7.89. The molecule has 2 fully saturated rings. The summed E-state index contributed by atoms with van der Waals surface area (Å²) in [6.07, 6.45) is 2.71. The summed E-state index contributed by atoms with van der Waals surface area (Å²) in [6, 6.07) is 4.34. The Labute approximate surface area is 166 Å². The molecule has 1 heterocycles. The first-order valence-corrected chi connectivity index (χ1v) is 11.0. The Morgan fingerprint density at radius 1 is 1.14 bits per heavy atom. The van der Waals surface area contributed by atoms with E-state index in [-0.39, 0.29) is 35.1 Å². The fourth-order valence-electron chi connectivity index (χ4n) is 3.97. The fourth-order valence-corrected chi connectivity index (χ4v) is 5.87. The van der Waals surface area contributed by atoms with Crippen molar-refractivity contribution in [2.45, 2.75) is 36.6 Å². The molecule has 9 heteroatoms. The molecule has 1 saturated heterocycles. The molecule has 1 amide bonds. The van der Waals surface area contributed by atoms with Gasteiger partial charge in [0.15, 0.2) is 0 Å². The van der Waals surface area contributed by atoms with Gasteiger partial charge in [0, 0.05) is 31.8 Å². The number of methoxy groups -OCH3 is 2. The van der Waals surface area contributed by atoms with E-state index < -0.39 is 10.0 Å². The van der Waals surface area contributed by atoms with Gasteiger partial charge >= 0.3 is 0 Å². The van der Waals surface area contributed by atoms with Crippen LogP contribution in [0.25, 0.3) is 0 Å². The van der Waals surface area contributed by atoms with Gasteiger partial charge in [0.1, 0.15) is 16.4 Å². The molecule has 2 unspecified atom stereocenters. The van der Waals surface area contributed by atoms with Crippen LogP contribution in [0.15, 0.2) is 23.1 Å². The van der Waals surface area contributed by atoms with Crippen LogP contribution in [0, 0.1) is 5.92 Å². The van der Waals surface area contributed by atoms with E-state index in [9.17, 15) is 13.2 Å². The highest BCUT2D eigenvalue weighted by atomic mass is 32.2. The summed E-state index contributed by atoms with van der Waals surface area (Å²) in [6.45, 7) is 1.60. The fraction of sp³-hybridized carbons (Fsp3) is 0.632. The zero-order valence-electron chi connectivity index (χ0n) is 16.3. The first-order chi connectivity index (χ1) is 13.5. The summed E-state index contributed by atoms with van der Waals surface area (Å²) in [5, 5.41) is 2.87. The number of rotatable bonds is 4. The van der Waals surface area contributed by atoms with Crippen molar-refractivity contribution in [3.8, 4) is 11.5 Å². The Kier molecular flexibility index (Phi) is 6.79. The molecule has 0 aromatic heterocycles. The lowest BCUT2D eigenvalue weighted by atomic mass is 10.0. The second kappa shape index (κ2) is 9.11. The minimum absolute atomic E-state index is 0.0520. The van der Waals surface area contributed by atoms with Crippen molar-refractivity contribution >= 4 is 15.9 Å². The van der Waals surface area contributed by atoms with Gasteiger partial charge in [-0.25, -0.2) is 8.42 Å². The third kappa shape index (κ3) is 4.26. The smallest absolute Gasteiger partial charge is 0.247 e. The maximum absolute atomic E-state index is 13.7. The Bertz CT molecular complexity index is 798. The van der Waals surface area contributed by atoms with Gasteiger partial charge in [0.05, 0.1) is 26.7 Å². The number of fused-ring (bicyclic) bond motifs is 1. The van der Waals surface area contributed by atoms with Gasteiger partial charge in [-0.05, 0) is 31.4 Å². The molecule has 28 heavy (non-hydrogen) atoms. The van der Waals surface area contributed by atoms with Crippen LogP contribution in [0.2, 0.25) is 0 Å². The highest BCUT2D eigenvalue weighted by Gasteiger charge is 2.43. The zero-order valence-corrected chi connectivity index (χ0v) is 17.2. The van der Waals surface area contributed by atoms with E-state index in [0.29, 0.717) is 44.8 Å². The lowest BCUT2D eigenvalue weighted by Gasteiger charge is -2.32. The van der Waals surface area contributed by atoms with E-state index >= 15 is 0 Å². The topological polar surface area (TPSA) is 94.2 Å². The molecule has 2 aliphatic rings. The summed E-state index contributed by atoms with van der Waals surface area (Å²) in [5.41, 5.74) is 0. The average molecular weight is 413 g/mol. The number of benzene rings is 1. The van der Waals surface area contributed by atoms with E-state index in [1.165, 1.54) is 24.6 Å². The Morgan fingerprint density at radius 2 is 1.96 bits per heavy atom. The molecule has 3 rings (SSSR count). The van der Waals surface area contributed by atoms with Gasteiger partial charge in [-0.3, -0.25) is 4.79 Å². The van der Waals surface area contributed by atoms with Crippen LogP contribution in [-0.4, -0.2) is 65.2 Å². The predicted octanol–water partition coefficient (Wildman–Crippen LogP) is 1.40. The summed E-state index contributed by atoms with van der Waals surface area (Å²) >= 11 is 0. The number of carbonyl (C=O) groups excluding carboxylic acids is 1. The molecule has 1 saturated carbocycles. The lowest BCUT2D eigenvalue weighted by Crippen LogP contribution is -2.47. The Hall–Kier alpha value is -1.84. The minimum Gasteiger partial charge on any atom is -0.497 e. The van der Waals surface area contributed by atoms with Crippen LogP contribution >= 0.6 is 0 Å². The quantitative estimate of drug-likeness (QED) is 0.803. The van der Waals surface area contributed by atoms with Gasteiger partial charge in [-0.15, -0.1) is 0 Å². The van der Waals surface area contributed by atoms with E-state index in [4.69, 9.17) is 14.2 Å². The van der Waals surface area contributed by atoms with Crippen molar-refractivity contribution in [2.24, 2.45) is 5.92 Å². The minimum atomic E-state index is -3.90. The molecule has 0 radical (unpaired) electrons. The largest absolute Gasteiger partial charge is 0.497 e. The molecule has 1 aromatic carbocycles. The third-order valence-electron chi connectivity index (χ3n) is 5.36. The number of hydrogen-bond donors (Lipinski definition) is 1. The van der Waals surface area contributed by atoms with Crippen LogP contribution in [-0.2, 0) is 19.6 Å². The monoisotopic (exact) mass is 412 g/mol. The van der Waals surface area contributed by atoms with Crippen molar-refractivity contribution < 1.29 is 27.4 Å². The van der Waals surface area contributed by atoms with Crippen LogP contribution in [0.5, 0.6) is 11.5 Å². The molecule has 1 aliphatic carbocycles. The number of sulfonamides is 1. The molecule has 8 nitrogen and oxygen atoms in total. The van der Waals surface area contributed by atoms with Crippen molar-refractivity contribution in [2.75, 3.05) is 40.5 Å². The van der Waals surface area contributed by atoms with Gasteiger partial charge in [-0.2, -0.15) is 4.31 Å². The molecule has 1 N–H and O–H groups in total. The molecular weight excluding hydrogens is 384 g/mol. The second-order valence-electron chi connectivity index (χ2n) is 6.99. The predicted molar refractivity (Wildman–Crippen MR) is 103 cm³/mol. The van der Waals surface area contributed by atoms with Crippen molar-refractivity contribution in [3.05, 3.63) is 18.2 Å². The standard InChI is InChI=1S/C19H28N2O6S/c1-25-14-7-8-17(26-2)18(13-14)28(23,24)21-10-4-11-27-12-9-20-19(22)15-5-3-6-16(15)21/h7-8,13,15-16H,3-6,9-12H2,1-2H3,(H,20,22). The maximum atomic E-state index is 13.7. The van der Waals surface area contributed by atoms with Gasteiger partial charge in [-0.1, -0.05) is 6.42 Å². The van der Waals surface area contributed by atoms with Gasteiger partial charge in [0.25, 0.3) is 0 Å². The Balaban J connectivity index is 2.02. The number of nitrogens with zero attached hydrogens (tertiary/aromatic N) is 1. The van der Waals surface area contributed by atoms with Crippen molar-refractivity contribution in [1.82, 2.24) is 9.62 Å². The van der Waals surface area contributed by atoms with Crippen LogP contribution < -0.4 is 14.8 Å². The third-order valence-corrected chi connectivity index (χ3v) is 7.30. The van der Waals surface area contributed by atoms with Gasteiger partial charge < -0.3 is 19.5 Å². The molecule has 2 atom stereocenters. The summed E-state index contributed by atoms with van der Waals surface area (Å²) in [5.74, 6) is 0.224. The number of amides is 1. The molecule has 156 valence electrons. The van der Waals surface area contributed by atoms with Crippen molar-refractivity contribution in [1.29, 1.82) is 0 Å². The SMILES string of the molecule is COc1ccc(OC)c(S(=O)(=O)N2CCCOCCNC(=O)C3CCCC32)c1. The van der Waals surface area contributed by atoms with E-state index in [1.54, 1.807) is 12.1 Å². The van der Waals surface area contributed by atoms with Crippen molar-refractivity contribution in [3.63, 3.8) is 0 Å². The number of nitrogens with one attached hydrogen (secondary N) is 1. The van der Waals surface area contributed by atoms with Crippen LogP contribution in [0.3, 0.4) is 0 Å². The first-order valence-electron chi connectivity index (χ1n) is 9.58. The molecule has 1 aliphatic heterocycles. The maximum Gasteiger partial charge on any atom is 0.247 e. The summed E-state index contributed by atoms with van der Waals surface area (Å²) in [7, 11) is -0.978. The number of carbonyl (C=O) groups is 1. The first kappa shape index (κ1) is 20.9. The number of ether oxygens (including phenoxy) is 3. The zero-order chi connectivity index (χ0) is 20.1. The van der Waals surface area contributed by atoms with E-state index in [0.717, 1.165) is 6.42 Å². The van der Waals surface area contributed by atoms with Crippen LogP contribution in [0.1, 0.15) is 25.7 Å². The van der Waals surface area contributed by atoms with Gasteiger partial charge in [0.2, 0.25) is 15.9 Å². The normalized spacial score (nSPS) is 24.7. The lowest BCUT2D eigenvalue weighted by molar-refractivity contribution is -0.126. The molecule has 1 aromatic rings. The second-order valence-corrected chi connectivity index (χ2v) is 8.85. The van der Waals surface area contributed by atoms with Crippen LogP contribution in [0.4, 0.5) is 0 Å². The van der Waals surface area contributed by atoms with E-state index in [2.05, 4.69) is 5.32 Å². The molecular formula is C19H28N2O6S. The molecule has 0 spiro atoms. The summed E-state index contributed by atoms with van der Waals surface area (Å²) < 4.78 is 44.8. The summed E-state index contributed by atoms with van der Waals surface area (Å²) in [4.78, 5) is 12.7.